The SMILES string of the molecule is Cn1cnc(CCNc2ccc3ccccc3n2)n1. The van der Waals surface area contributed by atoms with E-state index in [2.05, 4.69) is 32.5 Å². The van der Waals surface area contributed by atoms with Crippen LogP contribution in [0.5, 0.6) is 0 Å². The van der Waals surface area contributed by atoms with Crippen molar-refractivity contribution >= 4 is 16.7 Å². The van der Waals surface area contributed by atoms with E-state index in [4.69, 9.17) is 0 Å². The van der Waals surface area contributed by atoms with Gasteiger partial charge in [-0.15, -0.1) is 0 Å². The highest BCUT2D eigenvalue weighted by Gasteiger charge is 2.00. The second-order valence-electron chi connectivity index (χ2n) is 4.40. The molecule has 0 aliphatic rings. The van der Waals surface area contributed by atoms with Gasteiger partial charge in [0.25, 0.3) is 0 Å². The topological polar surface area (TPSA) is 55.6 Å². The smallest absolute Gasteiger partial charge is 0.152 e. The molecule has 0 spiro atoms. The van der Waals surface area contributed by atoms with Crippen molar-refractivity contribution in [2.45, 2.75) is 6.42 Å². The molecule has 2 heterocycles. The number of fused-ring (bicyclic) bond motifs is 1. The van der Waals surface area contributed by atoms with Crippen LogP contribution in [0.3, 0.4) is 0 Å². The van der Waals surface area contributed by atoms with Gasteiger partial charge in [-0.2, -0.15) is 5.10 Å². The molecule has 5 heteroatoms. The number of benzene rings is 1. The van der Waals surface area contributed by atoms with Crippen molar-refractivity contribution in [3.05, 3.63) is 48.5 Å². The van der Waals surface area contributed by atoms with Crippen molar-refractivity contribution in [2.75, 3.05) is 11.9 Å². The molecule has 0 unspecified atom stereocenters. The Morgan fingerprint density at radius 1 is 1.16 bits per heavy atom. The van der Waals surface area contributed by atoms with Crippen molar-refractivity contribution in [2.24, 2.45) is 7.05 Å². The fraction of sp³-hybridized carbons (Fsp3) is 0.214. The molecule has 0 saturated heterocycles. The highest BCUT2D eigenvalue weighted by Crippen LogP contribution is 2.14. The number of rotatable bonds is 4. The molecule has 3 rings (SSSR count). The molecule has 2 aromatic heterocycles. The third kappa shape index (κ3) is 2.70. The molecule has 5 nitrogen and oxygen atoms in total. The maximum absolute atomic E-state index is 4.55. The van der Waals surface area contributed by atoms with Crippen molar-refractivity contribution < 1.29 is 0 Å². The van der Waals surface area contributed by atoms with Gasteiger partial charge in [0.15, 0.2) is 5.82 Å². The summed E-state index contributed by atoms with van der Waals surface area (Å²) in [6.07, 6.45) is 2.50. The number of aromatic nitrogens is 4. The molecule has 19 heavy (non-hydrogen) atoms. The van der Waals surface area contributed by atoms with Crippen LogP contribution in [0.15, 0.2) is 42.7 Å². The van der Waals surface area contributed by atoms with E-state index in [9.17, 15) is 0 Å². The fourth-order valence-corrected chi connectivity index (χ4v) is 1.97. The quantitative estimate of drug-likeness (QED) is 0.773. The first-order chi connectivity index (χ1) is 9.31. The molecule has 0 atom stereocenters. The zero-order valence-electron chi connectivity index (χ0n) is 10.7. The van der Waals surface area contributed by atoms with Crippen LogP contribution in [-0.4, -0.2) is 26.3 Å². The van der Waals surface area contributed by atoms with E-state index in [0.717, 1.165) is 35.5 Å². The van der Waals surface area contributed by atoms with E-state index in [1.54, 1.807) is 11.0 Å². The summed E-state index contributed by atoms with van der Waals surface area (Å²) in [5.74, 6) is 1.73. The Labute approximate surface area is 111 Å². The van der Waals surface area contributed by atoms with Crippen molar-refractivity contribution in [1.82, 2.24) is 19.7 Å². The first-order valence-electron chi connectivity index (χ1n) is 6.25. The highest BCUT2D eigenvalue weighted by atomic mass is 15.3. The second-order valence-corrected chi connectivity index (χ2v) is 4.40. The average molecular weight is 253 g/mol. The van der Waals surface area contributed by atoms with Gasteiger partial charge in [-0.05, 0) is 18.2 Å². The Balaban J connectivity index is 1.65. The number of nitrogens with zero attached hydrogens (tertiary/aromatic N) is 4. The summed E-state index contributed by atoms with van der Waals surface area (Å²) in [6.45, 7) is 0.773. The lowest BCUT2D eigenvalue weighted by Gasteiger charge is -2.05. The van der Waals surface area contributed by atoms with Crippen molar-refractivity contribution in [1.29, 1.82) is 0 Å². The summed E-state index contributed by atoms with van der Waals surface area (Å²) in [5, 5.41) is 8.68. The van der Waals surface area contributed by atoms with Crippen LogP contribution in [-0.2, 0) is 13.5 Å². The summed E-state index contributed by atoms with van der Waals surface area (Å²) in [5.41, 5.74) is 1.00. The van der Waals surface area contributed by atoms with Crippen LogP contribution in [0, 0.1) is 0 Å². The number of hydrogen-bond donors (Lipinski definition) is 1. The molecule has 3 aromatic rings. The van der Waals surface area contributed by atoms with Gasteiger partial charge in [0.1, 0.15) is 12.1 Å². The first kappa shape index (κ1) is 11.6. The minimum absolute atomic E-state index is 0.773. The maximum atomic E-state index is 4.55. The zero-order chi connectivity index (χ0) is 13.1. The summed E-state index contributed by atoms with van der Waals surface area (Å²) < 4.78 is 1.71. The first-order valence-corrected chi connectivity index (χ1v) is 6.25. The van der Waals surface area contributed by atoms with Gasteiger partial charge >= 0.3 is 0 Å². The largest absolute Gasteiger partial charge is 0.370 e. The lowest BCUT2D eigenvalue weighted by molar-refractivity contribution is 0.742. The molecule has 96 valence electrons. The second kappa shape index (κ2) is 5.06. The molecule has 0 amide bonds. The molecule has 0 bridgehead atoms. The summed E-state index contributed by atoms with van der Waals surface area (Å²) in [7, 11) is 1.87. The molecular formula is C14H15N5. The summed E-state index contributed by atoms with van der Waals surface area (Å²) >= 11 is 0. The standard InChI is InChI=1S/C14H15N5/c1-19-10-16-14(18-19)8-9-15-13-7-6-11-4-2-3-5-12(11)17-13/h2-7,10H,8-9H2,1H3,(H,15,17). The van der Waals surface area contributed by atoms with Gasteiger partial charge in [0, 0.05) is 25.4 Å². The Morgan fingerprint density at radius 2 is 2.05 bits per heavy atom. The van der Waals surface area contributed by atoms with Gasteiger partial charge in [-0.3, -0.25) is 4.68 Å². The molecule has 0 saturated carbocycles. The molecule has 1 N–H and O–H groups in total. The van der Waals surface area contributed by atoms with E-state index in [1.807, 2.05) is 31.3 Å². The van der Waals surface area contributed by atoms with Crippen LogP contribution in [0.2, 0.25) is 0 Å². The molecule has 0 aliphatic carbocycles. The number of pyridine rings is 1. The summed E-state index contributed by atoms with van der Waals surface area (Å²) in [6, 6.07) is 12.2. The van der Waals surface area contributed by atoms with Gasteiger partial charge < -0.3 is 5.32 Å². The number of anilines is 1. The highest BCUT2D eigenvalue weighted by molar-refractivity contribution is 5.79. The Kier molecular flexibility index (Phi) is 3.10. The monoisotopic (exact) mass is 253 g/mol. The van der Waals surface area contributed by atoms with Gasteiger partial charge in [0.2, 0.25) is 0 Å². The lowest BCUT2D eigenvalue weighted by Crippen LogP contribution is -2.07. The van der Waals surface area contributed by atoms with Crippen LogP contribution in [0.1, 0.15) is 5.82 Å². The Hall–Kier alpha value is -2.43. The minimum Gasteiger partial charge on any atom is -0.370 e. The zero-order valence-corrected chi connectivity index (χ0v) is 10.7. The van der Waals surface area contributed by atoms with Crippen LogP contribution < -0.4 is 5.32 Å². The van der Waals surface area contributed by atoms with Gasteiger partial charge in [-0.25, -0.2) is 9.97 Å². The molecule has 0 aliphatic heterocycles. The summed E-state index contributed by atoms with van der Waals surface area (Å²) in [4.78, 5) is 8.74. The van der Waals surface area contributed by atoms with Gasteiger partial charge in [0.05, 0.1) is 5.52 Å². The third-order valence-electron chi connectivity index (χ3n) is 2.90. The molecule has 1 aromatic carbocycles. The van der Waals surface area contributed by atoms with Crippen LogP contribution in [0.25, 0.3) is 10.9 Å². The Bertz CT molecular complexity index is 689. The number of nitrogens with one attached hydrogen (secondary N) is 1. The maximum Gasteiger partial charge on any atom is 0.152 e. The van der Waals surface area contributed by atoms with Crippen molar-refractivity contribution in [3.8, 4) is 0 Å². The van der Waals surface area contributed by atoms with Gasteiger partial charge in [-0.1, -0.05) is 18.2 Å². The fourth-order valence-electron chi connectivity index (χ4n) is 1.97. The van der Waals surface area contributed by atoms with Crippen molar-refractivity contribution in [3.63, 3.8) is 0 Å². The van der Waals surface area contributed by atoms with E-state index >= 15 is 0 Å². The molecule has 0 fully saturated rings. The van der Waals surface area contributed by atoms with Crippen LogP contribution in [0.4, 0.5) is 5.82 Å². The number of para-hydroxylation sites is 1. The Morgan fingerprint density at radius 3 is 2.89 bits per heavy atom. The average Bonchev–Trinajstić information content (AvgIpc) is 2.84. The van der Waals surface area contributed by atoms with E-state index in [-0.39, 0.29) is 0 Å². The minimum atomic E-state index is 0.773. The molecule has 0 radical (unpaired) electrons. The molecular weight excluding hydrogens is 238 g/mol. The number of hydrogen-bond acceptors (Lipinski definition) is 4. The van der Waals surface area contributed by atoms with Crippen LogP contribution >= 0.6 is 0 Å². The predicted molar refractivity (Wildman–Crippen MR) is 74.9 cm³/mol. The van der Waals surface area contributed by atoms with E-state index in [0.29, 0.717) is 0 Å². The normalized spacial score (nSPS) is 10.8. The third-order valence-corrected chi connectivity index (χ3v) is 2.90. The lowest BCUT2D eigenvalue weighted by atomic mass is 10.2. The van der Waals surface area contributed by atoms with E-state index in [1.165, 1.54) is 0 Å². The predicted octanol–water partition coefficient (Wildman–Crippen LogP) is 2.02. The van der Waals surface area contributed by atoms with E-state index < -0.39 is 0 Å². The number of aryl methyl sites for hydroxylation is 1.